The monoisotopic (exact) mass is 367 g/mol. The summed E-state index contributed by atoms with van der Waals surface area (Å²) in [7, 11) is 0. The number of hydrogen-bond donors (Lipinski definition) is 0. The van der Waals surface area contributed by atoms with E-state index in [9.17, 15) is 0 Å². The second kappa shape index (κ2) is 8.89. The lowest BCUT2D eigenvalue weighted by Crippen LogP contribution is -2.49. The van der Waals surface area contributed by atoms with Crippen molar-refractivity contribution < 1.29 is 0 Å². The van der Waals surface area contributed by atoms with Gasteiger partial charge in [-0.2, -0.15) is 0 Å². The smallest absolute Gasteiger partial charge is 0.105 e. The van der Waals surface area contributed by atoms with Crippen molar-refractivity contribution in [3.8, 4) is 0 Å². The van der Waals surface area contributed by atoms with Gasteiger partial charge in [0, 0.05) is 63.9 Å². The van der Waals surface area contributed by atoms with Crippen LogP contribution in [-0.4, -0.2) is 71.7 Å². The molecule has 0 aliphatic carbocycles. The number of imidazole rings is 1. The lowest BCUT2D eigenvalue weighted by atomic mass is 9.96. The average molecular weight is 368 g/mol. The number of para-hydroxylation sites is 1. The summed E-state index contributed by atoms with van der Waals surface area (Å²) in [6.07, 6.45) is 6.68. The van der Waals surface area contributed by atoms with Crippen molar-refractivity contribution in [2.24, 2.45) is 5.92 Å². The van der Waals surface area contributed by atoms with Gasteiger partial charge in [-0.3, -0.25) is 4.90 Å². The van der Waals surface area contributed by atoms with E-state index in [-0.39, 0.29) is 0 Å². The number of anilines is 1. The summed E-state index contributed by atoms with van der Waals surface area (Å²) in [6.45, 7) is 12.9. The fourth-order valence-corrected chi connectivity index (χ4v) is 4.42. The number of aryl methyl sites for hydroxylation is 1. The first-order chi connectivity index (χ1) is 13.3. The molecular formula is C22H33N5. The van der Waals surface area contributed by atoms with Crippen molar-refractivity contribution in [1.29, 1.82) is 0 Å². The van der Waals surface area contributed by atoms with Crippen LogP contribution in [0.2, 0.25) is 0 Å². The first kappa shape index (κ1) is 18.5. The van der Waals surface area contributed by atoms with E-state index in [1.54, 1.807) is 0 Å². The van der Waals surface area contributed by atoms with Crippen LogP contribution in [0.1, 0.15) is 18.7 Å². The Kier molecular flexibility index (Phi) is 6.10. The van der Waals surface area contributed by atoms with Gasteiger partial charge >= 0.3 is 0 Å². The molecule has 4 rings (SSSR count). The molecule has 0 atom stereocenters. The van der Waals surface area contributed by atoms with Crippen LogP contribution in [0, 0.1) is 12.8 Å². The summed E-state index contributed by atoms with van der Waals surface area (Å²) in [5, 5.41) is 0. The van der Waals surface area contributed by atoms with E-state index >= 15 is 0 Å². The second-order valence-corrected chi connectivity index (χ2v) is 8.08. The van der Waals surface area contributed by atoms with Crippen LogP contribution in [0.25, 0.3) is 0 Å². The van der Waals surface area contributed by atoms with Crippen LogP contribution in [0.5, 0.6) is 0 Å². The number of nitrogens with zero attached hydrogens (tertiary/aromatic N) is 5. The first-order valence-electron chi connectivity index (χ1n) is 10.5. The third kappa shape index (κ3) is 4.90. The fourth-order valence-electron chi connectivity index (χ4n) is 4.42. The predicted octanol–water partition coefficient (Wildman–Crippen LogP) is 2.73. The zero-order valence-corrected chi connectivity index (χ0v) is 16.6. The molecule has 0 N–H and O–H groups in total. The Morgan fingerprint density at radius 3 is 2.19 bits per heavy atom. The van der Waals surface area contributed by atoms with Gasteiger partial charge in [-0.25, -0.2) is 4.98 Å². The number of rotatable bonds is 6. The minimum Gasteiger partial charge on any atom is -0.369 e. The van der Waals surface area contributed by atoms with Crippen LogP contribution in [-0.2, 0) is 6.54 Å². The molecule has 2 aromatic rings. The average Bonchev–Trinajstić information content (AvgIpc) is 3.13. The van der Waals surface area contributed by atoms with Gasteiger partial charge < -0.3 is 14.4 Å². The van der Waals surface area contributed by atoms with Gasteiger partial charge in [0.1, 0.15) is 5.82 Å². The highest BCUT2D eigenvalue weighted by atomic mass is 15.3. The Balaban J connectivity index is 1.14. The first-order valence-corrected chi connectivity index (χ1v) is 10.5. The fraction of sp³-hybridized carbons (Fsp3) is 0.591. The summed E-state index contributed by atoms with van der Waals surface area (Å²) in [5.74, 6) is 1.95. The van der Waals surface area contributed by atoms with Gasteiger partial charge in [-0.1, -0.05) is 18.2 Å². The molecule has 0 radical (unpaired) electrons. The molecule has 27 heavy (non-hydrogen) atoms. The second-order valence-electron chi connectivity index (χ2n) is 8.08. The minimum atomic E-state index is 0.809. The molecule has 2 aliphatic rings. The Labute approximate surface area is 163 Å². The van der Waals surface area contributed by atoms with E-state index in [4.69, 9.17) is 0 Å². The van der Waals surface area contributed by atoms with E-state index in [1.165, 1.54) is 57.8 Å². The molecule has 3 heterocycles. The van der Waals surface area contributed by atoms with E-state index in [0.29, 0.717) is 0 Å². The molecule has 1 aromatic carbocycles. The number of hydrogen-bond acceptors (Lipinski definition) is 4. The molecule has 0 spiro atoms. The van der Waals surface area contributed by atoms with Crippen molar-refractivity contribution in [1.82, 2.24) is 19.4 Å². The van der Waals surface area contributed by atoms with Gasteiger partial charge in [0.25, 0.3) is 0 Å². The number of piperidine rings is 1. The maximum atomic E-state index is 4.35. The van der Waals surface area contributed by atoms with E-state index in [0.717, 1.165) is 31.4 Å². The molecule has 5 heteroatoms. The molecule has 0 bridgehead atoms. The van der Waals surface area contributed by atoms with Crippen molar-refractivity contribution in [3.05, 3.63) is 48.5 Å². The quantitative estimate of drug-likeness (QED) is 0.785. The maximum absolute atomic E-state index is 4.35. The molecule has 1 aromatic heterocycles. The SMILES string of the molecule is Cc1nccn1CC1CCN(CCN2CCN(c3ccccc3)CC2)CC1. The highest BCUT2D eigenvalue weighted by molar-refractivity contribution is 5.46. The largest absolute Gasteiger partial charge is 0.369 e. The Morgan fingerprint density at radius 2 is 1.56 bits per heavy atom. The van der Waals surface area contributed by atoms with Crippen LogP contribution in [0.15, 0.2) is 42.7 Å². The Hall–Kier alpha value is -1.85. The molecule has 0 saturated carbocycles. The van der Waals surface area contributed by atoms with Gasteiger partial charge in [-0.15, -0.1) is 0 Å². The molecule has 2 saturated heterocycles. The standard InChI is InChI=1S/C22H33N5/c1-20-23-9-12-27(20)19-21-7-10-24(11-8-21)13-14-25-15-17-26(18-16-25)22-5-3-2-4-6-22/h2-6,9,12,21H,7-8,10-11,13-19H2,1H3. The number of aromatic nitrogens is 2. The van der Waals surface area contributed by atoms with E-state index in [1.807, 2.05) is 6.20 Å². The summed E-state index contributed by atoms with van der Waals surface area (Å²) in [6, 6.07) is 10.8. The lowest BCUT2D eigenvalue weighted by Gasteiger charge is -2.38. The Morgan fingerprint density at radius 1 is 0.889 bits per heavy atom. The van der Waals surface area contributed by atoms with Gasteiger partial charge in [0.15, 0.2) is 0 Å². The number of benzene rings is 1. The number of piperazine rings is 1. The highest BCUT2D eigenvalue weighted by Crippen LogP contribution is 2.20. The minimum absolute atomic E-state index is 0.809. The van der Waals surface area contributed by atoms with Gasteiger partial charge in [-0.05, 0) is 50.9 Å². The van der Waals surface area contributed by atoms with Crippen LogP contribution < -0.4 is 4.90 Å². The molecule has 2 aliphatic heterocycles. The Bertz CT molecular complexity index is 682. The van der Waals surface area contributed by atoms with Crippen molar-refractivity contribution in [2.75, 3.05) is 57.3 Å². The predicted molar refractivity (Wildman–Crippen MR) is 111 cm³/mol. The number of likely N-dealkylation sites (tertiary alicyclic amines) is 1. The molecule has 146 valence electrons. The summed E-state index contributed by atoms with van der Waals surface area (Å²) >= 11 is 0. The zero-order chi connectivity index (χ0) is 18.5. The van der Waals surface area contributed by atoms with Gasteiger partial charge in [0.2, 0.25) is 0 Å². The summed E-state index contributed by atoms with van der Waals surface area (Å²) in [4.78, 5) is 12.2. The summed E-state index contributed by atoms with van der Waals surface area (Å²) in [5.41, 5.74) is 1.37. The van der Waals surface area contributed by atoms with E-state index < -0.39 is 0 Å². The van der Waals surface area contributed by atoms with Crippen molar-refractivity contribution in [2.45, 2.75) is 26.3 Å². The van der Waals surface area contributed by atoms with Crippen LogP contribution in [0.4, 0.5) is 5.69 Å². The van der Waals surface area contributed by atoms with E-state index in [2.05, 4.69) is 67.7 Å². The van der Waals surface area contributed by atoms with Crippen LogP contribution in [0.3, 0.4) is 0 Å². The van der Waals surface area contributed by atoms with Gasteiger partial charge in [0.05, 0.1) is 0 Å². The normalized spacial score (nSPS) is 20.3. The van der Waals surface area contributed by atoms with Crippen molar-refractivity contribution in [3.63, 3.8) is 0 Å². The third-order valence-electron chi connectivity index (χ3n) is 6.31. The topological polar surface area (TPSA) is 27.5 Å². The van der Waals surface area contributed by atoms with Crippen molar-refractivity contribution >= 4 is 5.69 Å². The maximum Gasteiger partial charge on any atom is 0.105 e. The molecule has 5 nitrogen and oxygen atoms in total. The van der Waals surface area contributed by atoms with Crippen LogP contribution >= 0.6 is 0 Å². The molecule has 0 amide bonds. The third-order valence-corrected chi connectivity index (χ3v) is 6.31. The highest BCUT2D eigenvalue weighted by Gasteiger charge is 2.22. The molecular weight excluding hydrogens is 334 g/mol. The summed E-state index contributed by atoms with van der Waals surface area (Å²) < 4.78 is 2.31. The zero-order valence-electron chi connectivity index (χ0n) is 16.6. The lowest BCUT2D eigenvalue weighted by molar-refractivity contribution is 0.146. The molecule has 2 fully saturated rings. The molecule has 0 unspecified atom stereocenters.